The molecule has 0 spiro atoms. The molecule has 1 amide bonds. The zero-order valence-electron chi connectivity index (χ0n) is 18.3. The minimum absolute atomic E-state index is 0.0290. The molecule has 0 saturated carbocycles. The van der Waals surface area contributed by atoms with Crippen molar-refractivity contribution >= 4 is 11.6 Å². The van der Waals surface area contributed by atoms with Crippen molar-refractivity contribution in [1.29, 1.82) is 0 Å². The van der Waals surface area contributed by atoms with E-state index in [0.717, 1.165) is 11.6 Å². The van der Waals surface area contributed by atoms with Crippen molar-refractivity contribution in [1.82, 2.24) is 24.9 Å². The number of carbonyl (C=O) groups excluding carboxylic acids is 1. The van der Waals surface area contributed by atoms with Gasteiger partial charge in [0.15, 0.2) is 5.69 Å². The van der Waals surface area contributed by atoms with Crippen LogP contribution in [0, 0.1) is 30.9 Å². The smallest absolute Gasteiger partial charge is 0.352 e. The maximum atomic E-state index is 12.7. The van der Waals surface area contributed by atoms with Gasteiger partial charge < -0.3 is 5.32 Å². The Labute approximate surface area is 187 Å². The van der Waals surface area contributed by atoms with E-state index >= 15 is 0 Å². The normalized spacial score (nSPS) is 11.6. The zero-order chi connectivity index (χ0) is 24.3. The number of hydrogen-bond acceptors (Lipinski definition) is 5. The first-order chi connectivity index (χ1) is 15.5. The van der Waals surface area contributed by atoms with Gasteiger partial charge in [-0.25, -0.2) is 0 Å². The van der Waals surface area contributed by atoms with Gasteiger partial charge in [-0.2, -0.15) is 23.4 Å². The third kappa shape index (κ3) is 5.57. The number of rotatable bonds is 8. The number of halogens is 3. The molecular formula is C21H23F3N6O3. The second-order valence-corrected chi connectivity index (χ2v) is 7.64. The van der Waals surface area contributed by atoms with Crippen LogP contribution >= 0.6 is 0 Å². The summed E-state index contributed by atoms with van der Waals surface area (Å²) in [5.41, 5.74) is 1.32. The summed E-state index contributed by atoms with van der Waals surface area (Å²) in [6.07, 6.45) is -4.09. The summed E-state index contributed by atoms with van der Waals surface area (Å²) in [6.45, 7) is 5.49. The summed E-state index contributed by atoms with van der Waals surface area (Å²) in [7, 11) is 0. The number of hydrogen-bond donors (Lipinski definition) is 1. The minimum Gasteiger partial charge on any atom is -0.352 e. The third-order valence-corrected chi connectivity index (χ3v) is 5.15. The molecule has 1 N–H and O–H groups in total. The Balaban J connectivity index is 1.58. The number of aryl methyl sites for hydroxylation is 3. The van der Waals surface area contributed by atoms with Gasteiger partial charge in [-0.1, -0.05) is 12.1 Å². The third-order valence-electron chi connectivity index (χ3n) is 5.15. The van der Waals surface area contributed by atoms with Crippen LogP contribution < -0.4 is 5.32 Å². The molecule has 12 heteroatoms. The lowest BCUT2D eigenvalue weighted by atomic mass is 10.1. The zero-order valence-corrected chi connectivity index (χ0v) is 18.3. The molecule has 0 aliphatic carbocycles. The molecule has 0 saturated heterocycles. The lowest BCUT2D eigenvalue weighted by molar-refractivity contribution is -0.386. The van der Waals surface area contributed by atoms with E-state index in [4.69, 9.17) is 0 Å². The Morgan fingerprint density at radius 2 is 1.88 bits per heavy atom. The van der Waals surface area contributed by atoms with Gasteiger partial charge in [-0.05, 0) is 51.0 Å². The summed E-state index contributed by atoms with van der Waals surface area (Å²) in [5.74, 6) is -0.329. The van der Waals surface area contributed by atoms with Crippen LogP contribution in [0.25, 0.3) is 0 Å². The highest BCUT2D eigenvalue weighted by atomic mass is 19.4. The van der Waals surface area contributed by atoms with E-state index in [0.29, 0.717) is 29.1 Å². The van der Waals surface area contributed by atoms with Gasteiger partial charge >= 0.3 is 11.9 Å². The first kappa shape index (κ1) is 24.0. The van der Waals surface area contributed by atoms with Gasteiger partial charge in [0.1, 0.15) is 11.4 Å². The number of nitro groups is 1. The molecule has 9 nitrogen and oxygen atoms in total. The van der Waals surface area contributed by atoms with Crippen molar-refractivity contribution in [2.24, 2.45) is 0 Å². The quantitative estimate of drug-likeness (QED) is 0.310. The Morgan fingerprint density at radius 1 is 1.15 bits per heavy atom. The van der Waals surface area contributed by atoms with E-state index in [2.05, 4.69) is 15.5 Å². The van der Waals surface area contributed by atoms with Gasteiger partial charge in [0.2, 0.25) is 0 Å². The Hall–Kier alpha value is -3.70. The van der Waals surface area contributed by atoms with Gasteiger partial charge in [0.05, 0.1) is 11.5 Å². The van der Waals surface area contributed by atoms with Crippen LogP contribution in [0.15, 0.2) is 30.3 Å². The van der Waals surface area contributed by atoms with Crippen LogP contribution in [0.4, 0.5) is 18.9 Å². The number of aromatic nitrogens is 4. The molecule has 2 aromatic heterocycles. The minimum atomic E-state index is -4.49. The molecule has 0 fully saturated rings. The van der Waals surface area contributed by atoms with E-state index in [9.17, 15) is 28.1 Å². The molecule has 3 aromatic rings. The summed E-state index contributed by atoms with van der Waals surface area (Å²) >= 11 is 0. The second-order valence-electron chi connectivity index (χ2n) is 7.64. The predicted molar refractivity (Wildman–Crippen MR) is 113 cm³/mol. The fourth-order valence-electron chi connectivity index (χ4n) is 3.50. The lowest BCUT2D eigenvalue weighted by Crippen LogP contribution is -2.25. The monoisotopic (exact) mass is 464 g/mol. The van der Waals surface area contributed by atoms with Gasteiger partial charge in [0, 0.05) is 24.3 Å². The summed E-state index contributed by atoms with van der Waals surface area (Å²) in [6, 6.07) is 7.79. The van der Waals surface area contributed by atoms with Crippen molar-refractivity contribution in [3.63, 3.8) is 0 Å². The van der Waals surface area contributed by atoms with Crippen molar-refractivity contribution in [3.05, 3.63) is 74.3 Å². The predicted octanol–water partition coefficient (Wildman–Crippen LogP) is 3.80. The molecule has 0 radical (unpaired) electrons. The van der Waals surface area contributed by atoms with E-state index in [1.807, 2.05) is 0 Å². The topological polar surface area (TPSA) is 108 Å². The highest BCUT2D eigenvalue weighted by Crippen LogP contribution is 2.28. The van der Waals surface area contributed by atoms with E-state index in [-0.39, 0.29) is 31.2 Å². The van der Waals surface area contributed by atoms with Gasteiger partial charge in [-0.3, -0.25) is 24.3 Å². The largest absolute Gasteiger partial charge is 0.435 e. The SMILES string of the molecule is Cc1nn(Cc2cccc(C(=O)NCCCn3nc(C(F)(F)F)cc3C)c2)c(C)c1[N+](=O)[O-]. The Morgan fingerprint density at radius 3 is 2.48 bits per heavy atom. The Bertz CT molecular complexity index is 1180. The molecule has 0 aliphatic heterocycles. The molecule has 0 bridgehead atoms. The summed E-state index contributed by atoms with van der Waals surface area (Å²) < 4.78 is 41.0. The summed E-state index contributed by atoms with van der Waals surface area (Å²) in [4.78, 5) is 23.2. The number of carbonyl (C=O) groups is 1. The highest BCUT2D eigenvalue weighted by Gasteiger charge is 2.34. The van der Waals surface area contributed by atoms with Crippen LogP contribution in [-0.4, -0.2) is 36.9 Å². The van der Waals surface area contributed by atoms with E-state index < -0.39 is 16.8 Å². The van der Waals surface area contributed by atoms with Crippen LogP contribution in [0.3, 0.4) is 0 Å². The number of benzene rings is 1. The highest BCUT2D eigenvalue weighted by molar-refractivity contribution is 5.94. The molecule has 176 valence electrons. The first-order valence-electron chi connectivity index (χ1n) is 10.1. The number of nitrogens with zero attached hydrogens (tertiary/aromatic N) is 5. The van der Waals surface area contributed by atoms with Crippen molar-refractivity contribution < 1.29 is 22.9 Å². The standard InChI is InChI=1S/C21H23F3N6O3/c1-13-10-18(21(22,23)24)27-28(13)9-5-8-25-20(31)17-7-4-6-16(11-17)12-29-15(3)19(30(32)33)14(2)26-29/h4,6-7,10-11H,5,8-9,12H2,1-3H3,(H,25,31). The average molecular weight is 464 g/mol. The second kappa shape index (κ2) is 9.43. The number of amides is 1. The average Bonchev–Trinajstić information content (AvgIpc) is 3.24. The van der Waals surface area contributed by atoms with E-state index in [1.54, 1.807) is 45.0 Å². The first-order valence-corrected chi connectivity index (χ1v) is 10.1. The van der Waals surface area contributed by atoms with E-state index in [1.165, 1.54) is 9.36 Å². The lowest BCUT2D eigenvalue weighted by Gasteiger charge is -2.09. The molecular weight excluding hydrogens is 441 g/mol. The summed E-state index contributed by atoms with van der Waals surface area (Å²) in [5, 5.41) is 21.7. The molecule has 0 aliphatic rings. The van der Waals surface area contributed by atoms with Crippen molar-refractivity contribution in [2.45, 2.75) is 46.5 Å². The maximum Gasteiger partial charge on any atom is 0.435 e. The molecule has 0 atom stereocenters. The van der Waals surface area contributed by atoms with Crippen molar-refractivity contribution in [3.8, 4) is 0 Å². The number of nitrogens with one attached hydrogen (secondary N) is 1. The van der Waals surface area contributed by atoms with Gasteiger partial charge in [-0.15, -0.1) is 0 Å². The maximum absolute atomic E-state index is 12.7. The number of alkyl halides is 3. The fraction of sp³-hybridized carbons (Fsp3) is 0.381. The molecule has 1 aromatic carbocycles. The van der Waals surface area contributed by atoms with Crippen LogP contribution in [0.5, 0.6) is 0 Å². The van der Waals surface area contributed by atoms with Crippen LogP contribution in [0.1, 0.15) is 45.1 Å². The molecule has 3 rings (SSSR count). The van der Waals surface area contributed by atoms with Crippen molar-refractivity contribution in [2.75, 3.05) is 6.54 Å². The Kier molecular flexibility index (Phi) is 6.84. The molecule has 33 heavy (non-hydrogen) atoms. The van der Waals surface area contributed by atoms with Crippen LogP contribution in [0.2, 0.25) is 0 Å². The van der Waals surface area contributed by atoms with Gasteiger partial charge in [0.25, 0.3) is 5.91 Å². The fourth-order valence-corrected chi connectivity index (χ4v) is 3.50. The van der Waals surface area contributed by atoms with Crippen LogP contribution in [-0.2, 0) is 19.3 Å². The molecule has 2 heterocycles. The molecule has 0 unspecified atom stereocenters.